The molecule has 0 spiro atoms. The molecule has 1 aromatic rings. The quantitative estimate of drug-likeness (QED) is 0.846. The van der Waals surface area contributed by atoms with Crippen molar-refractivity contribution in [2.75, 3.05) is 19.8 Å². The molecule has 23 heavy (non-hydrogen) atoms. The number of ether oxygens (including phenoxy) is 1. The van der Waals surface area contributed by atoms with Gasteiger partial charge in [-0.2, -0.15) is 0 Å². The standard InChI is InChI=1S/C19H24FNO2/c20-17-7-3-6-16(13-17)19(8-10-23-11-9-19)14-21-18(22)12-15-4-1-2-5-15/h1,3-4,6-7,13,15H,2,5,8-12,14H2,(H,21,22)/t15-/m1/s1. The number of carbonyl (C=O) groups is 1. The first kappa shape index (κ1) is 16.2. The molecular weight excluding hydrogens is 293 g/mol. The third kappa shape index (κ3) is 3.99. The highest BCUT2D eigenvalue weighted by molar-refractivity contribution is 5.76. The Morgan fingerprint density at radius 3 is 2.87 bits per heavy atom. The van der Waals surface area contributed by atoms with Gasteiger partial charge < -0.3 is 10.1 Å². The van der Waals surface area contributed by atoms with Gasteiger partial charge in [0.05, 0.1) is 0 Å². The summed E-state index contributed by atoms with van der Waals surface area (Å²) in [5.41, 5.74) is 0.739. The molecule has 124 valence electrons. The van der Waals surface area contributed by atoms with E-state index in [0.29, 0.717) is 32.1 Å². The summed E-state index contributed by atoms with van der Waals surface area (Å²) in [5, 5.41) is 3.09. The van der Waals surface area contributed by atoms with E-state index in [1.165, 1.54) is 6.07 Å². The van der Waals surface area contributed by atoms with Crippen molar-refractivity contribution in [3.05, 3.63) is 47.8 Å². The van der Waals surface area contributed by atoms with Gasteiger partial charge in [0.25, 0.3) is 0 Å². The summed E-state index contributed by atoms with van der Waals surface area (Å²) in [6.07, 6.45) is 8.58. The van der Waals surface area contributed by atoms with Crippen molar-refractivity contribution in [1.29, 1.82) is 0 Å². The van der Waals surface area contributed by atoms with E-state index in [1.54, 1.807) is 12.1 Å². The molecule has 0 bridgehead atoms. The lowest BCUT2D eigenvalue weighted by atomic mass is 9.74. The highest BCUT2D eigenvalue weighted by Gasteiger charge is 2.35. The van der Waals surface area contributed by atoms with Crippen LogP contribution < -0.4 is 5.32 Å². The molecule has 3 rings (SSSR count). The zero-order chi connectivity index (χ0) is 16.1. The SMILES string of the molecule is O=C(C[C@@H]1C=CCC1)NCC1(c2cccc(F)c2)CCOCC1. The van der Waals surface area contributed by atoms with E-state index in [0.717, 1.165) is 31.2 Å². The second-order valence-electron chi connectivity index (χ2n) is 6.65. The number of hydrogen-bond donors (Lipinski definition) is 1. The van der Waals surface area contributed by atoms with Crippen molar-refractivity contribution in [2.24, 2.45) is 5.92 Å². The lowest BCUT2D eigenvalue weighted by Crippen LogP contribution is -2.44. The van der Waals surface area contributed by atoms with Crippen LogP contribution in [0.5, 0.6) is 0 Å². The number of rotatable bonds is 5. The van der Waals surface area contributed by atoms with Crippen molar-refractivity contribution in [3.8, 4) is 0 Å². The van der Waals surface area contributed by atoms with E-state index in [2.05, 4.69) is 17.5 Å². The number of amides is 1. The zero-order valence-electron chi connectivity index (χ0n) is 13.4. The Hall–Kier alpha value is -1.68. The Bertz CT molecular complexity index is 578. The maximum Gasteiger partial charge on any atom is 0.220 e. The van der Waals surface area contributed by atoms with Crippen LogP contribution in [0.2, 0.25) is 0 Å². The van der Waals surface area contributed by atoms with Gasteiger partial charge in [0.2, 0.25) is 5.91 Å². The Morgan fingerprint density at radius 1 is 1.35 bits per heavy atom. The molecular formula is C19H24FNO2. The van der Waals surface area contributed by atoms with Crippen LogP contribution in [0.4, 0.5) is 4.39 Å². The molecule has 1 atom stereocenters. The van der Waals surface area contributed by atoms with Crippen molar-refractivity contribution < 1.29 is 13.9 Å². The monoisotopic (exact) mass is 317 g/mol. The number of benzene rings is 1. The number of hydrogen-bond acceptors (Lipinski definition) is 2. The van der Waals surface area contributed by atoms with E-state index >= 15 is 0 Å². The third-order valence-corrected chi connectivity index (χ3v) is 5.07. The van der Waals surface area contributed by atoms with E-state index < -0.39 is 0 Å². The topological polar surface area (TPSA) is 38.3 Å². The van der Waals surface area contributed by atoms with Crippen LogP contribution in [-0.2, 0) is 14.9 Å². The van der Waals surface area contributed by atoms with Crippen LogP contribution in [0.15, 0.2) is 36.4 Å². The molecule has 1 heterocycles. The molecule has 1 N–H and O–H groups in total. The van der Waals surface area contributed by atoms with Crippen LogP contribution in [0.25, 0.3) is 0 Å². The van der Waals surface area contributed by atoms with Crippen LogP contribution >= 0.6 is 0 Å². The van der Waals surface area contributed by atoms with Gasteiger partial charge in [0.15, 0.2) is 0 Å². The first-order chi connectivity index (χ1) is 11.2. The molecule has 2 aliphatic rings. The molecule has 1 aliphatic heterocycles. The molecule has 1 saturated heterocycles. The molecule has 0 unspecified atom stereocenters. The van der Waals surface area contributed by atoms with Crippen molar-refractivity contribution in [3.63, 3.8) is 0 Å². The minimum atomic E-state index is -0.226. The number of carbonyl (C=O) groups excluding carboxylic acids is 1. The summed E-state index contributed by atoms with van der Waals surface area (Å²) in [5.74, 6) is 0.231. The summed E-state index contributed by atoms with van der Waals surface area (Å²) in [7, 11) is 0. The van der Waals surface area contributed by atoms with Gasteiger partial charge in [-0.1, -0.05) is 24.3 Å². The van der Waals surface area contributed by atoms with Gasteiger partial charge in [-0.3, -0.25) is 4.79 Å². The molecule has 3 nitrogen and oxygen atoms in total. The fourth-order valence-corrected chi connectivity index (χ4v) is 3.59. The van der Waals surface area contributed by atoms with Gasteiger partial charge in [-0.05, 0) is 49.3 Å². The van der Waals surface area contributed by atoms with E-state index in [-0.39, 0.29) is 17.1 Å². The Labute approximate surface area is 136 Å². The van der Waals surface area contributed by atoms with Gasteiger partial charge in [-0.15, -0.1) is 0 Å². The summed E-state index contributed by atoms with van der Waals surface area (Å²) in [6.45, 7) is 1.85. The predicted octanol–water partition coefficient (Wildman–Crippen LogP) is 3.35. The first-order valence-electron chi connectivity index (χ1n) is 8.45. The molecule has 1 aliphatic carbocycles. The minimum absolute atomic E-state index is 0.0869. The highest BCUT2D eigenvalue weighted by atomic mass is 19.1. The maximum atomic E-state index is 13.6. The van der Waals surface area contributed by atoms with Crippen LogP contribution in [0, 0.1) is 11.7 Å². The Kier molecular flexibility index (Phi) is 5.11. The molecule has 0 radical (unpaired) electrons. The lowest BCUT2D eigenvalue weighted by molar-refractivity contribution is -0.122. The Balaban J connectivity index is 1.67. The van der Waals surface area contributed by atoms with Gasteiger partial charge >= 0.3 is 0 Å². The number of allylic oxidation sites excluding steroid dienone is 2. The van der Waals surface area contributed by atoms with Gasteiger partial charge in [0, 0.05) is 31.6 Å². The fraction of sp³-hybridized carbons (Fsp3) is 0.526. The highest BCUT2D eigenvalue weighted by Crippen LogP contribution is 2.34. The van der Waals surface area contributed by atoms with Crippen molar-refractivity contribution >= 4 is 5.91 Å². The molecule has 0 saturated carbocycles. The minimum Gasteiger partial charge on any atom is -0.381 e. The third-order valence-electron chi connectivity index (χ3n) is 5.07. The van der Waals surface area contributed by atoms with Crippen molar-refractivity contribution in [2.45, 2.75) is 37.5 Å². The van der Waals surface area contributed by atoms with E-state index in [9.17, 15) is 9.18 Å². The average Bonchev–Trinajstić information content (AvgIpc) is 3.07. The fourth-order valence-electron chi connectivity index (χ4n) is 3.59. The molecule has 4 heteroatoms. The largest absolute Gasteiger partial charge is 0.381 e. The second-order valence-corrected chi connectivity index (χ2v) is 6.65. The average molecular weight is 317 g/mol. The molecule has 0 aromatic heterocycles. The predicted molar refractivity (Wildman–Crippen MR) is 87.6 cm³/mol. The molecule has 1 fully saturated rings. The summed E-state index contributed by atoms with van der Waals surface area (Å²) in [4.78, 5) is 12.2. The number of nitrogens with one attached hydrogen (secondary N) is 1. The summed E-state index contributed by atoms with van der Waals surface area (Å²) >= 11 is 0. The van der Waals surface area contributed by atoms with Crippen LogP contribution in [0.1, 0.15) is 37.7 Å². The second kappa shape index (κ2) is 7.26. The van der Waals surface area contributed by atoms with Gasteiger partial charge in [-0.25, -0.2) is 4.39 Å². The first-order valence-corrected chi connectivity index (χ1v) is 8.45. The Morgan fingerprint density at radius 2 is 2.17 bits per heavy atom. The van der Waals surface area contributed by atoms with E-state index in [1.807, 2.05) is 6.07 Å². The normalized spacial score (nSPS) is 22.9. The van der Waals surface area contributed by atoms with Crippen molar-refractivity contribution in [1.82, 2.24) is 5.32 Å². The van der Waals surface area contributed by atoms with Gasteiger partial charge in [0.1, 0.15) is 5.82 Å². The lowest BCUT2D eigenvalue weighted by Gasteiger charge is -2.38. The summed E-state index contributed by atoms with van der Waals surface area (Å²) in [6, 6.07) is 6.76. The molecule has 1 amide bonds. The summed E-state index contributed by atoms with van der Waals surface area (Å²) < 4.78 is 19.1. The zero-order valence-corrected chi connectivity index (χ0v) is 13.4. The van der Waals surface area contributed by atoms with Crippen LogP contribution in [-0.4, -0.2) is 25.7 Å². The van der Waals surface area contributed by atoms with Crippen LogP contribution in [0.3, 0.4) is 0 Å². The number of halogens is 1. The maximum absolute atomic E-state index is 13.6. The smallest absolute Gasteiger partial charge is 0.220 e. The van der Waals surface area contributed by atoms with E-state index in [4.69, 9.17) is 4.74 Å². The molecule has 1 aromatic carbocycles.